The zero-order valence-electron chi connectivity index (χ0n) is 11.1. The van der Waals surface area contributed by atoms with Gasteiger partial charge in [-0.3, -0.25) is 4.79 Å². The summed E-state index contributed by atoms with van der Waals surface area (Å²) in [6, 6.07) is 5.60. The van der Waals surface area contributed by atoms with E-state index in [0.29, 0.717) is 18.0 Å². The molecule has 0 radical (unpaired) electrons. The minimum absolute atomic E-state index is 0.219. The fourth-order valence-electron chi connectivity index (χ4n) is 1.54. The lowest BCUT2D eigenvalue weighted by Crippen LogP contribution is -2.13. The molecule has 0 aliphatic heterocycles. The summed E-state index contributed by atoms with van der Waals surface area (Å²) in [4.78, 5) is 12.0. The van der Waals surface area contributed by atoms with Gasteiger partial charge >= 0.3 is 0 Å². The van der Waals surface area contributed by atoms with Crippen LogP contribution in [0.25, 0.3) is 0 Å². The van der Waals surface area contributed by atoms with Crippen molar-refractivity contribution in [3.05, 3.63) is 33.2 Å². The number of aryl methyl sites for hydroxylation is 1. The summed E-state index contributed by atoms with van der Waals surface area (Å²) in [5, 5.41) is 10.3. The summed E-state index contributed by atoms with van der Waals surface area (Å²) in [6.45, 7) is 4.59. The fraction of sp³-hybridized carbons (Fsp3) is 0.308. The number of carbonyl (C=O) groups excluding carboxylic acids is 1. The first-order valence-corrected chi connectivity index (χ1v) is 7.33. The number of nitrogens with one attached hydrogen (secondary N) is 1. The third-order valence-corrected chi connectivity index (χ3v) is 3.46. The zero-order valence-corrected chi connectivity index (χ0v) is 12.7. The number of carbonyl (C=O) groups is 1. The van der Waals surface area contributed by atoms with Gasteiger partial charge in [-0.25, -0.2) is 0 Å². The van der Waals surface area contributed by atoms with Crippen molar-refractivity contribution in [2.75, 3.05) is 11.9 Å². The first kappa shape index (κ1) is 14.7. The summed E-state index contributed by atoms with van der Waals surface area (Å²) in [6.07, 6.45) is 0.896. The van der Waals surface area contributed by atoms with E-state index < -0.39 is 0 Å². The predicted octanol–water partition coefficient (Wildman–Crippen LogP) is 3.54. The van der Waals surface area contributed by atoms with E-state index in [2.05, 4.69) is 15.5 Å². The molecule has 0 saturated heterocycles. The number of benzene rings is 1. The monoisotopic (exact) mass is 311 g/mol. The smallest absolute Gasteiger partial charge is 0.286 e. The SMILES string of the molecule is CCCOc1cc(C)ccc1NC(=O)c1nnc(Cl)s1. The summed E-state index contributed by atoms with van der Waals surface area (Å²) in [5.41, 5.74) is 1.67. The molecule has 106 valence electrons. The maximum atomic E-state index is 12.0. The van der Waals surface area contributed by atoms with Gasteiger partial charge in [-0.1, -0.05) is 24.3 Å². The van der Waals surface area contributed by atoms with E-state index in [-0.39, 0.29) is 15.4 Å². The molecule has 0 aliphatic carbocycles. The Morgan fingerprint density at radius 2 is 2.25 bits per heavy atom. The van der Waals surface area contributed by atoms with Crippen molar-refractivity contribution in [2.24, 2.45) is 0 Å². The van der Waals surface area contributed by atoms with Crippen LogP contribution in [0.2, 0.25) is 4.47 Å². The minimum atomic E-state index is -0.348. The van der Waals surface area contributed by atoms with Crippen molar-refractivity contribution in [1.82, 2.24) is 10.2 Å². The van der Waals surface area contributed by atoms with Crippen LogP contribution < -0.4 is 10.1 Å². The van der Waals surface area contributed by atoms with Crippen LogP contribution in [0.5, 0.6) is 5.75 Å². The molecule has 0 unspecified atom stereocenters. The predicted molar refractivity (Wildman–Crippen MR) is 79.8 cm³/mol. The molecule has 2 aromatic rings. The lowest BCUT2D eigenvalue weighted by molar-refractivity contribution is 0.102. The molecule has 0 atom stereocenters. The third-order valence-electron chi connectivity index (χ3n) is 2.44. The molecule has 1 aromatic carbocycles. The molecular weight excluding hydrogens is 298 g/mol. The minimum Gasteiger partial charge on any atom is -0.491 e. The van der Waals surface area contributed by atoms with Gasteiger partial charge < -0.3 is 10.1 Å². The normalized spacial score (nSPS) is 10.3. The van der Waals surface area contributed by atoms with E-state index >= 15 is 0 Å². The summed E-state index contributed by atoms with van der Waals surface area (Å²) in [5.74, 6) is 0.301. The quantitative estimate of drug-likeness (QED) is 0.917. The average molecular weight is 312 g/mol. The number of aromatic nitrogens is 2. The van der Waals surface area contributed by atoms with E-state index in [9.17, 15) is 4.79 Å². The summed E-state index contributed by atoms with van der Waals surface area (Å²) in [7, 11) is 0. The Bertz CT molecular complexity index is 615. The number of rotatable bonds is 5. The van der Waals surface area contributed by atoms with Gasteiger partial charge in [0, 0.05) is 0 Å². The van der Waals surface area contributed by atoms with Crippen LogP contribution in [0.15, 0.2) is 18.2 Å². The van der Waals surface area contributed by atoms with Gasteiger partial charge in [-0.05, 0) is 42.6 Å². The van der Waals surface area contributed by atoms with E-state index in [4.69, 9.17) is 16.3 Å². The molecule has 20 heavy (non-hydrogen) atoms. The van der Waals surface area contributed by atoms with Crippen LogP contribution in [0.4, 0.5) is 5.69 Å². The van der Waals surface area contributed by atoms with Gasteiger partial charge in [-0.2, -0.15) is 0 Å². The van der Waals surface area contributed by atoms with Crippen LogP contribution in [0.1, 0.15) is 28.7 Å². The second-order valence-corrected chi connectivity index (χ2v) is 5.72. The van der Waals surface area contributed by atoms with E-state index in [1.807, 2.05) is 26.0 Å². The van der Waals surface area contributed by atoms with Crippen molar-refractivity contribution >= 4 is 34.5 Å². The number of anilines is 1. The highest BCUT2D eigenvalue weighted by molar-refractivity contribution is 7.17. The molecule has 0 saturated carbocycles. The van der Waals surface area contributed by atoms with Crippen molar-refractivity contribution in [3.63, 3.8) is 0 Å². The van der Waals surface area contributed by atoms with Crippen molar-refractivity contribution in [3.8, 4) is 5.75 Å². The molecule has 1 amide bonds. The van der Waals surface area contributed by atoms with Crippen LogP contribution in [-0.2, 0) is 0 Å². The Kier molecular flexibility index (Phi) is 4.92. The molecule has 0 spiro atoms. The van der Waals surface area contributed by atoms with Crippen molar-refractivity contribution in [1.29, 1.82) is 0 Å². The van der Waals surface area contributed by atoms with Crippen LogP contribution in [0, 0.1) is 6.92 Å². The Hall–Kier alpha value is -1.66. The number of amides is 1. The molecule has 7 heteroatoms. The van der Waals surface area contributed by atoms with Gasteiger partial charge in [0.05, 0.1) is 12.3 Å². The summed E-state index contributed by atoms with van der Waals surface area (Å²) >= 11 is 6.70. The maximum absolute atomic E-state index is 12.0. The molecule has 0 fully saturated rings. The van der Waals surface area contributed by atoms with Crippen molar-refractivity contribution in [2.45, 2.75) is 20.3 Å². The van der Waals surface area contributed by atoms with Gasteiger partial charge in [0.2, 0.25) is 9.47 Å². The van der Waals surface area contributed by atoms with Gasteiger partial charge in [-0.15, -0.1) is 10.2 Å². The number of hydrogen-bond acceptors (Lipinski definition) is 5. The van der Waals surface area contributed by atoms with E-state index in [0.717, 1.165) is 23.3 Å². The molecule has 0 aliphatic rings. The van der Waals surface area contributed by atoms with Crippen LogP contribution >= 0.6 is 22.9 Å². The number of hydrogen-bond donors (Lipinski definition) is 1. The van der Waals surface area contributed by atoms with Crippen LogP contribution in [0.3, 0.4) is 0 Å². The highest BCUT2D eigenvalue weighted by atomic mass is 35.5. The molecule has 1 N–H and O–H groups in total. The number of nitrogens with zero attached hydrogens (tertiary/aromatic N) is 2. The largest absolute Gasteiger partial charge is 0.491 e. The van der Waals surface area contributed by atoms with E-state index in [1.165, 1.54) is 0 Å². The molecule has 1 aromatic heterocycles. The van der Waals surface area contributed by atoms with Crippen molar-refractivity contribution < 1.29 is 9.53 Å². The average Bonchev–Trinajstić information content (AvgIpc) is 2.85. The lowest BCUT2D eigenvalue weighted by Gasteiger charge is -2.12. The molecule has 2 rings (SSSR count). The Morgan fingerprint density at radius 3 is 2.90 bits per heavy atom. The number of ether oxygens (including phenoxy) is 1. The van der Waals surface area contributed by atoms with Gasteiger partial charge in [0.1, 0.15) is 5.75 Å². The molecule has 5 nitrogen and oxygen atoms in total. The Balaban J connectivity index is 2.17. The number of halogens is 1. The van der Waals surface area contributed by atoms with E-state index in [1.54, 1.807) is 6.07 Å². The summed E-state index contributed by atoms with van der Waals surface area (Å²) < 4.78 is 5.87. The molecule has 0 bridgehead atoms. The first-order valence-electron chi connectivity index (χ1n) is 6.14. The maximum Gasteiger partial charge on any atom is 0.286 e. The fourth-order valence-corrected chi connectivity index (χ4v) is 2.26. The lowest BCUT2D eigenvalue weighted by atomic mass is 10.2. The Labute approximate surface area is 125 Å². The topological polar surface area (TPSA) is 64.1 Å². The molecule has 1 heterocycles. The highest BCUT2D eigenvalue weighted by Gasteiger charge is 2.14. The van der Waals surface area contributed by atoms with Crippen LogP contribution in [-0.4, -0.2) is 22.7 Å². The van der Waals surface area contributed by atoms with Gasteiger partial charge in [0.25, 0.3) is 5.91 Å². The third kappa shape index (κ3) is 3.68. The molecular formula is C13H14ClN3O2S. The zero-order chi connectivity index (χ0) is 14.5. The Morgan fingerprint density at radius 1 is 1.45 bits per heavy atom. The second kappa shape index (κ2) is 6.67. The first-order chi connectivity index (χ1) is 9.60. The highest BCUT2D eigenvalue weighted by Crippen LogP contribution is 2.27. The van der Waals surface area contributed by atoms with Gasteiger partial charge in [0.15, 0.2) is 0 Å². The second-order valence-electron chi connectivity index (χ2n) is 4.16. The standard InChI is InChI=1S/C13H14ClN3O2S/c1-3-6-19-10-7-8(2)4-5-9(10)15-11(18)12-16-17-13(14)20-12/h4-5,7H,3,6H2,1-2H3,(H,15,18).